The molecule has 0 fully saturated rings. The van der Waals surface area contributed by atoms with Crippen LogP contribution in [-0.4, -0.2) is 4.98 Å². The number of benzene rings is 1. The van der Waals surface area contributed by atoms with Crippen molar-refractivity contribution in [1.29, 1.82) is 0 Å². The molecule has 78 valence electrons. The van der Waals surface area contributed by atoms with E-state index < -0.39 is 17.5 Å². The van der Waals surface area contributed by atoms with Crippen LogP contribution in [0.4, 0.5) is 13.2 Å². The van der Waals surface area contributed by atoms with E-state index >= 15 is 0 Å². The van der Waals surface area contributed by atoms with Gasteiger partial charge >= 0.3 is 0 Å². The van der Waals surface area contributed by atoms with Gasteiger partial charge in [0.15, 0.2) is 17.5 Å². The summed E-state index contributed by atoms with van der Waals surface area (Å²) in [6.07, 6.45) is 1.16. The average molecular weight is 296 g/mol. The van der Waals surface area contributed by atoms with E-state index in [0.717, 1.165) is 6.20 Å². The fourth-order valence-corrected chi connectivity index (χ4v) is 1.82. The molecule has 6 heteroatoms. The second-order valence-electron chi connectivity index (χ2n) is 2.80. The summed E-state index contributed by atoms with van der Waals surface area (Å²) in [5.41, 5.74) is -0.259. The summed E-state index contributed by atoms with van der Waals surface area (Å²) >= 11 is 8.60. The summed E-state index contributed by atoms with van der Waals surface area (Å²) in [6, 6.07) is 0.449. The van der Waals surface area contributed by atoms with Crippen molar-refractivity contribution in [1.82, 2.24) is 4.98 Å². The van der Waals surface area contributed by atoms with Gasteiger partial charge in [-0.15, -0.1) is 0 Å². The molecule has 15 heavy (non-hydrogen) atoms. The minimum absolute atomic E-state index is 0.0880. The zero-order valence-electron chi connectivity index (χ0n) is 6.99. The molecule has 1 heterocycles. The molecule has 1 aromatic heterocycles. The van der Waals surface area contributed by atoms with Gasteiger partial charge in [-0.25, -0.2) is 13.2 Å². The Balaban J connectivity index is 3.04. The predicted molar refractivity (Wildman–Crippen MR) is 54.3 cm³/mol. The molecule has 0 atom stereocenters. The van der Waals surface area contributed by atoms with Gasteiger partial charge in [-0.05, 0) is 15.9 Å². The molecule has 0 saturated carbocycles. The summed E-state index contributed by atoms with van der Waals surface area (Å²) in [4.78, 5) is 3.60. The van der Waals surface area contributed by atoms with Crippen LogP contribution in [0.1, 0.15) is 0 Å². The van der Waals surface area contributed by atoms with E-state index in [9.17, 15) is 13.2 Å². The quantitative estimate of drug-likeness (QED) is 0.668. The third kappa shape index (κ3) is 1.59. The number of halogens is 5. The van der Waals surface area contributed by atoms with Gasteiger partial charge in [0.25, 0.3) is 0 Å². The zero-order valence-corrected chi connectivity index (χ0v) is 9.33. The van der Waals surface area contributed by atoms with E-state index in [2.05, 4.69) is 20.9 Å². The van der Waals surface area contributed by atoms with E-state index in [1.807, 2.05) is 0 Å². The molecule has 2 rings (SSSR count). The summed E-state index contributed by atoms with van der Waals surface area (Å²) in [5, 5.41) is -0.202. The van der Waals surface area contributed by atoms with Crippen molar-refractivity contribution in [3.05, 3.63) is 39.2 Å². The molecule has 0 spiro atoms. The Labute approximate surface area is 96.0 Å². The summed E-state index contributed by atoms with van der Waals surface area (Å²) < 4.78 is 39.6. The lowest BCUT2D eigenvalue weighted by Gasteiger charge is -2.05. The van der Waals surface area contributed by atoms with Crippen molar-refractivity contribution in [2.45, 2.75) is 0 Å². The first-order chi connectivity index (χ1) is 7.02. The van der Waals surface area contributed by atoms with E-state index in [-0.39, 0.29) is 20.4 Å². The van der Waals surface area contributed by atoms with Crippen LogP contribution in [0.15, 0.2) is 16.7 Å². The molecule has 0 bridgehead atoms. The monoisotopic (exact) mass is 295 g/mol. The van der Waals surface area contributed by atoms with Crippen LogP contribution in [0, 0.1) is 17.5 Å². The smallest absolute Gasteiger partial charge is 0.169 e. The Hall–Kier alpha value is -0.810. The minimum Gasteiger partial charge on any atom is -0.251 e. The van der Waals surface area contributed by atoms with Crippen molar-refractivity contribution in [2.75, 3.05) is 0 Å². The normalized spacial score (nSPS) is 11.0. The molecular weight excluding hydrogens is 294 g/mol. The Bertz CT molecular complexity index is 551. The maximum atomic E-state index is 13.3. The van der Waals surface area contributed by atoms with Crippen molar-refractivity contribution in [2.24, 2.45) is 0 Å². The predicted octanol–water partition coefficient (Wildman–Crippen LogP) is 4.07. The Morgan fingerprint density at radius 1 is 1.20 bits per heavy atom. The molecule has 1 aromatic carbocycles. The minimum atomic E-state index is -1.27. The Morgan fingerprint density at radius 2 is 1.87 bits per heavy atom. The van der Waals surface area contributed by atoms with Crippen LogP contribution < -0.4 is 0 Å². The largest absolute Gasteiger partial charge is 0.251 e. The third-order valence-corrected chi connectivity index (χ3v) is 3.22. The number of hydrogen-bond donors (Lipinski definition) is 0. The van der Waals surface area contributed by atoms with Crippen LogP contribution in [0.3, 0.4) is 0 Å². The first-order valence-corrected chi connectivity index (χ1v) is 4.96. The van der Waals surface area contributed by atoms with Crippen molar-refractivity contribution in [3.63, 3.8) is 0 Å². The van der Waals surface area contributed by atoms with E-state index in [1.165, 1.54) is 0 Å². The third-order valence-electron chi connectivity index (χ3n) is 1.88. The fourth-order valence-electron chi connectivity index (χ4n) is 1.21. The van der Waals surface area contributed by atoms with Gasteiger partial charge in [0.05, 0.1) is 14.9 Å². The SMILES string of the molecule is Fc1cc(F)c2ncc(Cl)c(Br)c2c1F. The van der Waals surface area contributed by atoms with Gasteiger partial charge in [-0.3, -0.25) is 4.98 Å². The number of hydrogen-bond acceptors (Lipinski definition) is 1. The summed E-state index contributed by atoms with van der Waals surface area (Å²) in [5.74, 6) is -3.38. The first-order valence-electron chi connectivity index (χ1n) is 3.79. The standard InChI is InChI=1S/C9H2BrClF3N/c10-7-3(11)2-15-9-5(13)1-4(12)8(14)6(7)9/h1-2H. The molecule has 0 aliphatic heterocycles. The molecule has 0 saturated heterocycles. The van der Waals surface area contributed by atoms with Crippen molar-refractivity contribution in [3.8, 4) is 0 Å². The highest BCUT2D eigenvalue weighted by molar-refractivity contribution is 9.10. The van der Waals surface area contributed by atoms with Gasteiger partial charge in [0, 0.05) is 12.3 Å². The molecule has 0 aliphatic carbocycles. The molecule has 2 aromatic rings. The lowest BCUT2D eigenvalue weighted by molar-refractivity contribution is 0.505. The summed E-state index contributed by atoms with van der Waals surface area (Å²) in [7, 11) is 0. The molecule has 0 aliphatic rings. The topological polar surface area (TPSA) is 12.9 Å². The van der Waals surface area contributed by atoms with Crippen LogP contribution in [0.25, 0.3) is 10.9 Å². The number of pyridine rings is 1. The second-order valence-corrected chi connectivity index (χ2v) is 4.00. The second kappa shape index (κ2) is 3.64. The van der Waals surface area contributed by atoms with Crippen LogP contribution in [-0.2, 0) is 0 Å². The molecule has 0 amide bonds. The van der Waals surface area contributed by atoms with Crippen LogP contribution in [0.5, 0.6) is 0 Å². The maximum absolute atomic E-state index is 13.3. The lowest BCUT2D eigenvalue weighted by Crippen LogP contribution is -1.94. The van der Waals surface area contributed by atoms with Gasteiger partial charge < -0.3 is 0 Å². The Kier molecular flexibility index (Phi) is 2.60. The van der Waals surface area contributed by atoms with E-state index in [1.54, 1.807) is 0 Å². The lowest BCUT2D eigenvalue weighted by atomic mass is 10.2. The number of rotatable bonds is 0. The number of aromatic nitrogens is 1. The van der Waals surface area contributed by atoms with Crippen molar-refractivity contribution < 1.29 is 13.2 Å². The van der Waals surface area contributed by atoms with Crippen molar-refractivity contribution >= 4 is 38.4 Å². The first kappa shape index (κ1) is 10.7. The van der Waals surface area contributed by atoms with Crippen LogP contribution >= 0.6 is 27.5 Å². The van der Waals surface area contributed by atoms with Crippen LogP contribution in [0.2, 0.25) is 5.02 Å². The van der Waals surface area contributed by atoms with E-state index in [0.29, 0.717) is 6.07 Å². The molecule has 0 unspecified atom stereocenters. The number of fused-ring (bicyclic) bond motifs is 1. The van der Waals surface area contributed by atoms with Gasteiger partial charge in [0.2, 0.25) is 0 Å². The summed E-state index contributed by atoms with van der Waals surface area (Å²) in [6.45, 7) is 0. The fraction of sp³-hybridized carbons (Fsp3) is 0. The van der Waals surface area contributed by atoms with Gasteiger partial charge in [0.1, 0.15) is 5.52 Å². The maximum Gasteiger partial charge on any atom is 0.169 e. The average Bonchev–Trinajstić information content (AvgIpc) is 2.19. The molecule has 1 nitrogen and oxygen atoms in total. The number of nitrogens with zero attached hydrogens (tertiary/aromatic N) is 1. The van der Waals surface area contributed by atoms with Gasteiger partial charge in [-0.2, -0.15) is 0 Å². The molecular formula is C9H2BrClF3N. The highest BCUT2D eigenvalue weighted by atomic mass is 79.9. The zero-order chi connectivity index (χ0) is 11.2. The molecule has 0 N–H and O–H groups in total. The molecule has 0 radical (unpaired) electrons. The highest BCUT2D eigenvalue weighted by Gasteiger charge is 2.17. The van der Waals surface area contributed by atoms with E-state index in [4.69, 9.17) is 11.6 Å². The Morgan fingerprint density at radius 3 is 2.53 bits per heavy atom. The van der Waals surface area contributed by atoms with Gasteiger partial charge in [-0.1, -0.05) is 11.6 Å². The highest BCUT2D eigenvalue weighted by Crippen LogP contribution is 2.33.